The number of aromatic nitrogens is 2. The van der Waals surface area contributed by atoms with E-state index in [0.717, 1.165) is 6.07 Å². The zero-order valence-electron chi connectivity index (χ0n) is 21.2. The number of carbonyl (C=O) groups excluding carboxylic acids is 2. The Bertz CT molecular complexity index is 1290. The Morgan fingerprint density at radius 2 is 1.84 bits per heavy atom. The second-order valence-corrected chi connectivity index (χ2v) is 8.90. The summed E-state index contributed by atoms with van der Waals surface area (Å²) in [5.74, 6) is -0.656. The van der Waals surface area contributed by atoms with Gasteiger partial charge in [-0.2, -0.15) is 13.2 Å². The third kappa shape index (κ3) is 6.19. The number of carbonyl (C=O) groups is 2. The fraction of sp³-hybridized carbons (Fsp3) is 0.440. The maximum absolute atomic E-state index is 13.3. The summed E-state index contributed by atoms with van der Waals surface area (Å²) < 4.78 is 50.8. The fourth-order valence-electron chi connectivity index (χ4n) is 3.58. The number of nitrogens with two attached hydrogens (primary N) is 1. The molecule has 0 fully saturated rings. The lowest BCUT2D eigenvalue weighted by Gasteiger charge is -2.18. The predicted octanol–water partition coefficient (Wildman–Crippen LogP) is 4.22. The van der Waals surface area contributed by atoms with Crippen molar-refractivity contribution < 1.29 is 31.9 Å². The average molecular weight is 522 g/mol. The summed E-state index contributed by atoms with van der Waals surface area (Å²) in [4.78, 5) is 33.1. The number of benzene rings is 1. The van der Waals surface area contributed by atoms with Crippen LogP contribution in [0.4, 0.5) is 13.2 Å². The molecule has 12 heteroatoms. The van der Waals surface area contributed by atoms with Crippen molar-refractivity contribution in [1.29, 1.82) is 0 Å². The lowest BCUT2D eigenvalue weighted by atomic mass is 10.1. The van der Waals surface area contributed by atoms with Crippen LogP contribution in [0, 0.1) is 5.92 Å². The first-order chi connectivity index (χ1) is 17.4. The Morgan fingerprint density at radius 3 is 2.41 bits per heavy atom. The van der Waals surface area contributed by atoms with Gasteiger partial charge in [0.1, 0.15) is 17.0 Å². The Morgan fingerprint density at radius 1 is 1.14 bits per heavy atom. The molecule has 4 N–H and O–H groups in total. The molecule has 37 heavy (non-hydrogen) atoms. The van der Waals surface area contributed by atoms with Crippen LogP contribution in [-0.2, 0) is 11.0 Å². The van der Waals surface area contributed by atoms with E-state index in [4.69, 9.17) is 14.9 Å². The van der Waals surface area contributed by atoms with Crippen LogP contribution in [0.3, 0.4) is 0 Å². The molecule has 9 nitrogen and oxygen atoms in total. The molecule has 0 aliphatic heterocycles. The SMILES string of the molecule is CC[C@H](CNC(=O)c1nc(-c2ccc(OC)c3nc(C(F)(F)F)ccc23)oc1[C@H](C)N)NC(=O)C(C)C. The highest BCUT2D eigenvalue weighted by molar-refractivity contribution is 5.98. The number of hydrogen-bond donors (Lipinski definition) is 3. The first kappa shape index (κ1) is 27.9. The largest absolute Gasteiger partial charge is 0.494 e. The van der Waals surface area contributed by atoms with Crippen molar-refractivity contribution in [2.45, 2.75) is 52.4 Å². The molecule has 1 aromatic carbocycles. The van der Waals surface area contributed by atoms with Crippen LogP contribution >= 0.6 is 0 Å². The minimum Gasteiger partial charge on any atom is -0.494 e. The van der Waals surface area contributed by atoms with E-state index in [1.165, 1.54) is 19.2 Å². The Balaban J connectivity index is 1.98. The van der Waals surface area contributed by atoms with E-state index in [2.05, 4.69) is 20.6 Å². The van der Waals surface area contributed by atoms with Gasteiger partial charge in [-0.25, -0.2) is 9.97 Å². The predicted molar refractivity (Wildman–Crippen MR) is 131 cm³/mol. The van der Waals surface area contributed by atoms with Gasteiger partial charge in [0.25, 0.3) is 5.91 Å². The molecule has 2 heterocycles. The molecule has 200 valence electrons. The van der Waals surface area contributed by atoms with E-state index in [0.29, 0.717) is 17.4 Å². The normalized spacial score (nSPS) is 13.5. The van der Waals surface area contributed by atoms with E-state index >= 15 is 0 Å². The smallest absolute Gasteiger partial charge is 0.433 e. The van der Waals surface area contributed by atoms with Crippen LogP contribution in [0.2, 0.25) is 0 Å². The molecule has 3 rings (SSSR count). The molecule has 0 aliphatic carbocycles. The first-order valence-electron chi connectivity index (χ1n) is 11.8. The van der Waals surface area contributed by atoms with Crippen molar-refractivity contribution in [2.75, 3.05) is 13.7 Å². The van der Waals surface area contributed by atoms with Crippen LogP contribution in [-0.4, -0.2) is 41.5 Å². The van der Waals surface area contributed by atoms with Crippen LogP contribution in [0.1, 0.15) is 62.1 Å². The van der Waals surface area contributed by atoms with Crippen LogP contribution in [0.5, 0.6) is 5.75 Å². The van der Waals surface area contributed by atoms with E-state index in [1.54, 1.807) is 26.8 Å². The number of hydrogen-bond acceptors (Lipinski definition) is 7. The van der Waals surface area contributed by atoms with Crippen molar-refractivity contribution in [3.8, 4) is 17.2 Å². The number of ether oxygens (including phenoxy) is 1. The number of rotatable bonds is 9. The number of fused-ring (bicyclic) bond motifs is 1. The summed E-state index contributed by atoms with van der Waals surface area (Å²) in [7, 11) is 1.32. The van der Waals surface area contributed by atoms with Crippen molar-refractivity contribution in [3.05, 3.63) is 41.4 Å². The van der Waals surface area contributed by atoms with Gasteiger partial charge in [-0.15, -0.1) is 0 Å². The van der Waals surface area contributed by atoms with Crippen molar-refractivity contribution >= 4 is 22.7 Å². The third-order valence-corrected chi connectivity index (χ3v) is 5.72. The van der Waals surface area contributed by atoms with Gasteiger partial charge in [0.05, 0.1) is 13.2 Å². The number of nitrogens with zero attached hydrogens (tertiary/aromatic N) is 2. The van der Waals surface area contributed by atoms with E-state index in [9.17, 15) is 22.8 Å². The van der Waals surface area contributed by atoms with Gasteiger partial charge in [0.2, 0.25) is 11.8 Å². The van der Waals surface area contributed by atoms with E-state index in [1.807, 2.05) is 6.92 Å². The van der Waals surface area contributed by atoms with E-state index in [-0.39, 0.29) is 53.0 Å². The number of oxazole rings is 1. The number of methoxy groups -OCH3 is 1. The molecule has 0 spiro atoms. The molecule has 0 unspecified atom stereocenters. The number of halogens is 3. The van der Waals surface area contributed by atoms with Gasteiger partial charge in [0.15, 0.2) is 11.5 Å². The topological polar surface area (TPSA) is 132 Å². The molecule has 0 saturated heterocycles. The van der Waals surface area contributed by atoms with Gasteiger partial charge in [0, 0.05) is 29.5 Å². The summed E-state index contributed by atoms with van der Waals surface area (Å²) in [5.41, 5.74) is 5.17. The van der Waals surface area contributed by atoms with E-state index < -0.39 is 23.8 Å². The summed E-state index contributed by atoms with van der Waals surface area (Å²) in [6.07, 6.45) is -4.05. The summed E-state index contributed by atoms with van der Waals surface area (Å²) in [5, 5.41) is 5.90. The zero-order chi connectivity index (χ0) is 27.5. The second kappa shape index (κ2) is 11.2. The lowest BCUT2D eigenvalue weighted by molar-refractivity contribution is -0.141. The van der Waals surface area contributed by atoms with Crippen molar-refractivity contribution in [3.63, 3.8) is 0 Å². The van der Waals surface area contributed by atoms with Gasteiger partial charge in [-0.1, -0.05) is 20.8 Å². The van der Waals surface area contributed by atoms with Crippen molar-refractivity contribution in [1.82, 2.24) is 20.6 Å². The maximum Gasteiger partial charge on any atom is 0.433 e. The summed E-state index contributed by atoms with van der Waals surface area (Å²) in [6, 6.07) is 4.12. The standard InChI is InChI=1S/C25H30F3N5O4/c1-6-14(31-22(34)12(2)3)11-30-23(35)20-21(13(4)29)37-24(33-20)16-7-9-17(36-5)19-15(16)8-10-18(32-19)25(26,27)28/h7-10,12-14H,6,11,29H2,1-5H3,(H,30,35)(H,31,34)/t13-,14+/m0/s1. The Labute approximate surface area is 212 Å². The molecule has 2 aromatic heterocycles. The highest BCUT2D eigenvalue weighted by Gasteiger charge is 2.33. The van der Waals surface area contributed by atoms with Crippen LogP contribution in [0.25, 0.3) is 22.4 Å². The fourth-order valence-corrected chi connectivity index (χ4v) is 3.58. The highest BCUT2D eigenvalue weighted by atomic mass is 19.4. The van der Waals surface area contributed by atoms with Crippen LogP contribution < -0.4 is 21.1 Å². The lowest BCUT2D eigenvalue weighted by Crippen LogP contribution is -2.44. The minimum atomic E-state index is -4.64. The van der Waals surface area contributed by atoms with Crippen molar-refractivity contribution in [2.24, 2.45) is 11.7 Å². The summed E-state index contributed by atoms with van der Waals surface area (Å²) >= 11 is 0. The molecule has 0 bridgehead atoms. The Kier molecular flexibility index (Phi) is 8.42. The average Bonchev–Trinajstić information content (AvgIpc) is 3.30. The highest BCUT2D eigenvalue weighted by Crippen LogP contribution is 2.37. The molecule has 0 radical (unpaired) electrons. The summed E-state index contributed by atoms with van der Waals surface area (Å²) in [6.45, 7) is 7.20. The molecule has 0 saturated carbocycles. The quantitative estimate of drug-likeness (QED) is 0.384. The number of alkyl halides is 3. The zero-order valence-corrected chi connectivity index (χ0v) is 21.2. The molecule has 2 amide bonds. The number of amides is 2. The second-order valence-electron chi connectivity index (χ2n) is 8.90. The third-order valence-electron chi connectivity index (χ3n) is 5.72. The van der Waals surface area contributed by atoms with Gasteiger partial charge in [-0.3, -0.25) is 9.59 Å². The Hall–Kier alpha value is -3.67. The molecular formula is C25H30F3N5O4. The maximum atomic E-state index is 13.3. The number of pyridine rings is 1. The van der Waals surface area contributed by atoms with Crippen LogP contribution in [0.15, 0.2) is 28.7 Å². The molecule has 3 aromatic rings. The van der Waals surface area contributed by atoms with Gasteiger partial charge < -0.3 is 25.5 Å². The molecular weight excluding hydrogens is 491 g/mol. The van der Waals surface area contributed by atoms with Gasteiger partial charge >= 0.3 is 6.18 Å². The molecule has 0 aliphatic rings. The molecule has 2 atom stereocenters. The first-order valence-corrected chi connectivity index (χ1v) is 11.8. The minimum absolute atomic E-state index is 0.00758. The monoisotopic (exact) mass is 521 g/mol. The van der Waals surface area contributed by atoms with Gasteiger partial charge in [-0.05, 0) is 37.6 Å². The number of nitrogens with one attached hydrogen (secondary N) is 2.